The molecule has 5 heteroatoms. The van der Waals surface area contributed by atoms with E-state index in [-0.39, 0.29) is 0 Å². The summed E-state index contributed by atoms with van der Waals surface area (Å²) < 4.78 is 0. The molecule has 5 nitrogen and oxygen atoms in total. The quantitative estimate of drug-likeness (QED) is 0.612. The molecule has 1 rings (SSSR count). The third-order valence-corrected chi connectivity index (χ3v) is 2.81. The van der Waals surface area contributed by atoms with E-state index in [1.54, 1.807) is 18.2 Å². The smallest absolute Gasteiger partial charge is 0.318 e. The van der Waals surface area contributed by atoms with Crippen LogP contribution in [-0.4, -0.2) is 27.9 Å². The zero-order valence-electron chi connectivity index (χ0n) is 10.1. The van der Waals surface area contributed by atoms with Gasteiger partial charge in [-0.2, -0.15) is 0 Å². The average molecular weight is 250 g/mol. The minimum absolute atomic E-state index is 0.339. The van der Waals surface area contributed by atoms with Crippen molar-refractivity contribution in [2.75, 3.05) is 0 Å². The summed E-state index contributed by atoms with van der Waals surface area (Å²) in [4.78, 5) is 33.2. The average Bonchev–Trinajstić information content (AvgIpc) is 2.28. The Hall–Kier alpha value is -2.17. The van der Waals surface area contributed by atoms with Gasteiger partial charge in [-0.25, -0.2) is 0 Å². The number of Topliss-reactive ketones (excluding diaryl/α,β-unsaturated/α-hetero) is 1. The molecule has 0 aromatic heterocycles. The van der Waals surface area contributed by atoms with Crippen LogP contribution in [0, 0.1) is 19.8 Å². The Balaban J connectivity index is 2.90. The number of benzene rings is 1. The first-order valence-corrected chi connectivity index (χ1v) is 5.39. The molecule has 18 heavy (non-hydrogen) atoms. The Morgan fingerprint density at radius 3 is 2.06 bits per heavy atom. The minimum Gasteiger partial charge on any atom is -0.481 e. The van der Waals surface area contributed by atoms with Crippen molar-refractivity contribution in [3.63, 3.8) is 0 Å². The fraction of sp³-hybridized carbons (Fsp3) is 0.308. The second-order valence-corrected chi connectivity index (χ2v) is 4.16. The van der Waals surface area contributed by atoms with Crippen molar-refractivity contribution in [3.05, 3.63) is 34.9 Å². The van der Waals surface area contributed by atoms with Crippen LogP contribution in [0.3, 0.4) is 0 Å². The van der Waals surface area contributed by atoms with Crippen LogP contribution in [0.5, 0.6) is 0 Å². The summed E-state index contributed by atoms with van der Waals surface area (Å²) in [5.41, 5.74) is 2.26. The monoisotopic (exact) mass is 250 g/mol. The Labute approximate surface area is 104 Å². The van der Waals surface area contributed by atoms with E-state index in [0.717, 1.165) is 11.1 Å². The zero-order valence-corrected chi connectivity index (χ0v) is 10.1. The van der Waals surface area contributed by atoms with Gasteiger partial charge in [0.2, 0.25) is 0 Å². The Morgan fingerprint density at radius 1 is 1.06 bits per heavy atom. The number of aliphatic carboxylic acids is 2. The summed E-state index contributed by atoms with van der Waals surface area (Å²) in [6.07, 6.45) is -0.535. The van der Waals surface area contributed by atoms with Gasteiger partial charge in [0.15, 0.2) is 11.7 Å². The van der Waals surface area contributed by atoms with Gasteiger partial charge in [-0.3, -0.25) is 14.4 Å². The first kappa shape index (κ1) is 13.9. The molecule has 0 spiro atoms. The Kier molecular flexibility index (Phi) is 4.20. The first-order valence-electron chi connectivity index (χ1n) is 5.39. The molecule has 0 aliphatic heterocycles. The molecule has 96 valence electrons. The maximum absolute atomic E-state index is 11.8. The number of carboxylic acids is 2. The molecule has 1 aromatic carbocycles. The number of carboxylic acid groups (broad SMARTS) is 2. The molecule has 0 heterocycles. The van der Waals surface area contributed by atoms with E-state index in [2.05, 4.69) is 0 Å². The topological polar surface area (TPSA) is 91.7 Å². The lowest BCUT2D eigenvalue weighted by atomic mass is 9.96. The number of hydrogen-bond donors (Lipinski definition) is 2. The second-order valence-electron chi connectivity index (χ2n) is 4.16. The molecule has 0 fully saturated rings. The molecule has 0 aliphatic rings. The van der Waals surface area contributed by atoms with Crippen molar-refractivity contribution in [2.45, 2.75) is 20.3 Å². The van der Waals surface area contributed by atoms with Gasteiger partial charge >= 0.3 is 11.9 Å². The summed E-state index contributed by atoms with van der Waals surface area (Å²) in [5.74, 6) is -5.17. The van der Waals surface area contributed by atoms with E-state index >= 15 is 0 Å². The van der Waals surface area contributed by atoms with Crippen molar-refractivity contribution in [1.29, 1.82) is 0 Å². The summed E-state index contributed by atoms with van der Waals surface area (Å²) in [6.45, 7) is 3.72. The highest BCUT2D eigenvalue weighted by molar-refractivity contribution is 6.03. The Morgan fingerprint density at radius 2 is 1.61 bits per heavy atom. The molecule has 1 aromatic rings. The van der Waals surface area contributed by atoms with Gasteiger partial charge in [0.05, 0.1) is 0 Å². The lowest BCUT2D eigenvalue weighted by Crippen LogP contribution is -2.26. The SMILES string of the molecule is Cc1ccc(C(=O)CC(C(=O)O)C(=O)O)cc1C. The normalized spacial score (nSPS) is 10.4. The molecule has 0 saturated heterocycles. The lowest BCUT2D eigenvalue weighted by molar-refractivity contribution is -0.154. The summed E-state index contributed by atoms with van der Waals surface area (Å²) in [6, 6.07) is 4.96. The third-order valence-electron chi connectivity index (χ3n) is 2.81. The van der Waals surface area contributed by atoms with Crippen LogP contribution in [0.2, 0.25) is 0 Å². The highest BCUT2D eigenvalue weighted by Gasteiger charge is 2.28. The highest BCUT2D eigenvalue weighted by Crippen LogP contribution is 2.15. The van der Waals surface area contributed by atoms with Crippen molar-refractivity contribution in [2.24, 2.45) is 5.92 Å². The molecular weight excluding hydrogens is 236 g/mol. The molecule has 0 aliphatic carbocycles. The standard InChI is InChI=1S/C13H14O5/c1-7-3-4-9(5-8(7)2)11(14)6-10(12(15)16)13(17)18/h3-5,10H,6H2,1-2H3,(H,15,16)(H,17,18). The van der Waals surface area contributed by atoms with Gasteiger partial charge in [0, 0.05) is 12.0 Å². The van der Waals surface area contributed by atoms with Crippen molar-refractivity contribution in [3.8, 4) is 0 Å². The largest absolute Gasteiger partial charge is 0.481 e. The molecule has 2 N–H and O–H groups in total. The van der Waals surface area contributed by atoms with Crippen LogP contribution in [0.25, 0.3) is 0 Å². The number of carbonyl (C=O) groups excluding carboxylic acids is 1. The van der Waals surface area contributed by atoms with Crippen LogP contribution in [-0.2, 0) is 9.59 Å². The number of aryl methyl sites for hydroxylation is 2. The molecule has 0 unspecified atom stereocenters. The van der Waals surface area contributed by atoms with Gasteiger partial charge in [0.25, 0.3) is 0 Å². The summed E-state index contributed by atoms with van der Waals surface area (Å²) in [5, 5.41) is 17.4. The minimum atomic E-state index is -1.70. The zero-order chi connectivity index (χ0) is 13.9. The maximum Gasteiger partial charge on any atom is 0.318 e. The fourth-order valence-electron chi connectivity index (χ4n) is 1.50. The van der Waals surface area contributed by atoms with Crippen LogP contribution in [0.1, 0.15) is 27.9 Å². The number of hydrogen-bond acceptors (Lipinski definition) is 3. The molecule has 0 atom stereocenters. The van der Waals surface area contributed by atoms with E-state index in [9.17, 15) is 14.4 Å². The molecule has 0 bridgehead atoms. The first-order chi connectivity index (χ1) is 8.32. The van der Waals surface area contributed by atoms with E-state index in [1.807, 2.05) is 13.8 Å². The fourth-order valence-corrected chi connectivity index (χ4v) is 1.50. The van der Waals surface area contributed by atoms with Crippen molar-refractivity contribution >= 4 is 17.7 Å². The van der Waals surface area contributed by atoms with Crippen LogP contribution in [0.15, 0.2) is 18.2 Å². The number of ketones is 1. The van der Waals surface area contributed by atoms with E-state index in [1.165, 1.54) is 0 Å². The lowest BCUT2D eigenvalue weighted by Gasteiger charge is -2.08. The number of rotatable bonds is 5. The predicted octanol–water partition coefficient (Wildman–Crippen LogP) is 1.66. The van der Waals surface area contributed by atoms with Crippen molar-refractivity contribution < 1.29 is 24.6 Å². The van der Waals surface area contributed by atoms with Gasteiger partial charge in [0.1, 0.15) is 0 Å². The Bertz CT molecular complexity index is 490. The van der Waals surface area contributed by atoms with Crippen LogP contribution >= 0.6 is 0 Å². The molecular formula is C13H14O5. The van der Waals surface area contributed by atoms with E-state index in [0.29, 0.717) is 5.56 Å². The van der Waals surface area contributed by atoms with Gasteiger partial charge in [-0.05, 0) is 31.0 Å². The molecule has 0 saturated carbocycles. The molecule has 0 amide bonds. The molecule has 0 radical (unpaired) electrons. The van der Waals surface area contributed by atoms with Crippen molar-refractivity contribution in [1.82, 2.24) is 0 Å². The van der Waals surface area contributed by atoms with Crippen LogP contribution in [0.4, 0.5) is 0 Å². The second kappa shape index (κ2) is 5.44. The van der Waals surface area contributed by atoms with E-state index < -0.39 is 30.1 Å². The summed E-state index contributed by atoms with van der Waals surface area (Å²) in [7, 11) is 0. The predicted molar refractivity (Wildman–Crippen MR) is 63.6 cm³/mol. The third kappa shape index (κ3) is 3.16. The number of carbonyl (C=O) groups is 3. The maximum atomic E-state index is 11.8. The van der Waals surface area contributed by atoms with Gasteiger partial charge < -0.3 is 10.2 Å². The van der Waals surface area contributed by atoms with Crippen LogP contribution < -0.4 is 0 Å². The highest BCUT2D eigenvalue weighted by atomic mass is 16.4. The van der Waals surface area contributed by atoms with Gasteiger partial charge in [-0.1, -0.05) is 12.1 Å². The van der Waals surface area contributed by atoms with E-state index in [4.69, 9.17) is 10.2 Å². The summed E-state index contributed by atoms with van der Waals surface area (Å²) >= 11 is 0. The van der Waals surface area contributed by atoms with Gasteiger partial charge in [-0.15, -0.1) is 0 Å².